The van der Waals surface area contributed by atoms with Crippen LogP contribution in [-0.4, -0.2) is 31.4 Å². The van der Waals surface area contributed by atoms with E-state index in [1.807, 2.05) is 0 Å². The van der Waals surface area contributed by atoms with E-state index in [1.54, 1.807) is 39.2 Å². The lowest BCUT2D eigenvalue weighted by atomic mass is 10.0. The molecule has 0 aliphatic carbocycles. The third-order valence-corrected chi connectivity index (χ3v) is 3.87. The number of esters is 2. The van der Waals surface area contributed by atoms with Crippen molar-refractivity contribution in [2.24, 2.45) is 0 Å². The van der Waals surface area contributed by atoms with E-state index in [1.165, 1.54) is 11.8 Å². The van der Waals surface area contributed by atoms with Gasteiger partial charge in [-0.3, -0.25) is 4.79 Å². The summed E-state index contributed by atoms with van der Waals surface area (Å²) in [6.45, 7) is 5.88. The molecule has 0 amide bonds. The van der Waals surface area contributed by atoms with Gasteiger partial charge in [-0.15, -0.1) is 11.8 Å². The minimum Gasteiger partial charge on any atom is -0.465 e. The lowest BCUT2D eigenvalue weighted by Crippen LogP contribution is -2.16. The number of hydrogen-bond acceptors (Lipinski definition) is 6. The molecule has 0 spiro atoms. The van der Waals surface area contributed by atoms with Crippen molar-refractivity contribution in [1.29, 1.82) is 0 Å². The predicted octanol–water partition coefficient (Wildman–Crippen LogP) is 2.72. The van der Waals surface area contributed by atoms with Crippen molar-refractivity contribution in [1.82, 2.24) is 0 Å². The monoisotopic (exact) mass is 311 g/mol. The van der Waals surface area contributed by atoms with Crippen LogP contribution < -0.4 is 5.73 Å². The average molecular weight is 311 g/mol. The molecule has 0 bridgehead atoms. The molecule has 1 unspecified atom stereocenters. The van der Waals surface area contributed by atoms with Crippen LogP contribution in [0.15, 0.2) is 12.1 Å². The molecule has 6 heteroatoms. The van der Waals surface area contributed by atoms with Crippen molar-refractivity contribution in [2.75, 3.05) is 25.2 Å². The molecule has 1 aromatic carbocycles. The molecule has 0 saturated heterocycles. The summed E-state index contributed by atoms with van der Waals surface area (Å²) < 4.78 is 10.1. The van der Waals surface area contributed by atoms with Crippen LogP contribution in [0.5, 0.6) is 0 Å². The van der Waals surface area contributed by atoms with Gasteiger partial charge in [0.05, 0.1) is 18.8 Å². The standard InChI is InChI=1S/C15H21NO4S/c1-5-19-14(17)10-7-9(3)12(16)11(8-10)13(21-4)15(18)20-6-2/h7-8,13H,5-6,16H2,1-4H3. The molecule has 0 aliphatic heterocycles. The van der Waals surface area contributed by atoms with Crippen LogP contribution in [0.1, 0.15) is 40.6 Å². The quantitative estimate of drug-likeness (QED) is 0.643. The van der Waals surface area contributed by atoms with Gasteiger partial charge in [0.25, 0.3) is 0 Å². The molecule has 0 fully saturated rings. The molecule has 2 N–H and O–H groups in total. The minimum absolute atomic E-state index is 0.293. The number of nitrogen functional groups attached to an aromatic ring is 1. The lowest BCUT2D eigenvalue weighted by Gasteiger charge is -2.18. The van der Waals surface area contributed by atoms with E-state index >= 15 is 0 Å². The number of carbonyl (C=O) groups excluding carboxylic acids is 2. The molecule has 0 aromatic heterocycles. The average Bonchev–Trinajstić information content (AvgIpc) is 2.44. The van der Waals surface area contributed by atoms with E-state index in [0.29, 0.717) is 30.0 Å². The second-order valence-electron chi connectivity index (χ2n) is 4.38. The Hall–Kier alpha value is -1.69. The Kier molecular flexibility index (Phi) is 6.55. The summed E-state index contributed by atoms with van der Waals surface area (Å²) in [5.74, 6) is -0.789. The van der Waals surface area contributed by atoms with Gasteiger partial charge in [0.1, 0.15) is 5.25 Å². The predicted molar refractivity (Wildman–Crippen MR) is 84.4 cm³/mol. The van der Waals surface area contributed by atoms with Gasteiger partial charge in [-0.1, -0.05) is 0 Å². The highest BCUT2D eigenvalue weighted by atomic mass is 32.2. The second kappa shape index (κ2) is 7.93. The summed E-state index contributed by atoms with van der Waals surface area (Å²) in [5.41, 5.74) is 8.27. The zero-order valence-corrected chi connectivity index (χ0v) is 13.6. The van der Waals surface area contributed by atoms with Crippen LogP contribution in [0.25, 0.3) is 0 Å². The van der Waals surface area contributed by atoms with Crippen molar-refractivity contribution < 1.29 is 19.1 Å². The summed E-state index contributed by atoms with van der Waals surface area (Å²) >= 11 is 1.32. The molecule has 0 heterocycles. The first kappa shape index (κ1) is 17.4. The Labute approximate surface area is 129 Å². The van der Waals surface area contributed by atoms with Crippen LogP contribution in [0.4, 0.5) is 5.69 Å². The zero-order chi connectivity index (χ0) is 16.0. The smallest absolute Gasteiger partial charge is 0.338 e. The molecular weight excluding hydrogens is 290 g/mol. The van der Waals surface area contributed by atoms with Crippen LogP contribution in [0.2, 0.25) is 0 Å². The van der Waals surface area contributed by atoms with Crippen LogP contribution >= 0.6 is 11.8 Å². The maximum Gasteiger partial charge on any atom is 0.338 e. The fourth-order valence-corrected chi connectivity index (χ4v) is 2.65. The minimum atomic E-state index is -0.557. The molecule has 5 nitrogen and oxygen atoms in total. The van der Waals surface area contributed by atoms with Crippen molar-refractivity contribution in [3.63, 3.8) is 0 Å². The molecule has 0 radical (unpaired) electrons. The molecule has 1 atom stereocenters. The van der Waals surface area contributed by atoms with Crippen LogP contribution in [0, 0.1) is 6.92 Å². The van der Waals surface area contributed by atoms with E-state index < -0.39 is 11.2 Å². The number of rotatable bonds is 6. The Morgan fingerprint density at radius 2 is 1.86 bits per heavy atom. The van der Waals surface area contributed by atoms with E-state index in [4.69, 9.17) is 15.2 Å². The van der Waals surface area contributed by atoms with Crippen LogP contribution in [0.3, 0.4) is 0 Å². The van der Waals surface area contributed by atoms with E-state index in [-0.39, 0.29) is 5.97 Å². The first-order valence-electron chi connectivity index (χ1n) is 6.72. The summed E-state index contributed by atoms with van der Waals surface area (Å²) in [6.07, 6.45) is 1.80. The highest BCUT2D eigenvalue weighted by Crippen LogP contribution is 2.34. The van der Waals surface area contributed by atoms with Gasteiger partial charge < -0.3 is 15.2 Å². The molecule has 0 aliphatic rings. The van der Waals surface area contributed by atoms with Gasteiger partial charge in [-0.25, -0.2) is 4.79 Å². The lowest BCUT2D eigenvalue weighted by molar-refractivity contribution is -0.142. The number of nitrogens with two attached hydrogens (primary N) is 1. The zero-order valence-electron chi connectivity index (χ0n) is 12.8. The van der Waals surface area contributed by atoms with E-state index in [2.05, 4.69) is 0 Å². The summed E-state index contributed by atoms with van der Waals surface area (Å²) in [4.78, 5) is 23.9. The normalized spacial score (nSPS) is 11.8. The number of ether oxygens (including phenoxy) is 2. The maximum absolute atomic E-state index is 12.0. The Morgan fingerprint density at radius 3 is 2.38 bits per heavy atom. The van der Waals surface area contributed by atoms with E-state index in [9.17, 15) is 9.59 Å². The highest BCUT2D eigenvalue weighted by molar-refractivity contribution is 7.99. The van der Waals surface area contributed by atoms with Gasteiger partial charge in [0.2, 0.25) is 0 Å². The molecule has 1 aromatic rings. The summed E-state index contributed by atoms with van der Waals surface area (Å²) in [5, 5.41) is -0.557. The van der Waals surface area contributed by atoms with Crippen molar-refractivity contribution in [3.05, 3.63) is 28.8 Å². The van der Waals surface area contributed by atoms with Crippen molar-refractivity contribution >= 4 is 29.4 Å². The van der Waals surface area contributed by atoms with Gasteiger partial charge >= 0.3 is 11.9 Å². The van der Waals surface area contributed by atoms with Gasteiger partial charge in [-0.2, -0.15) is 0 Å². The third kappa shape index (κ3) is 4.14. The number of carbonyl (C=O) groups is 2. The van der Waals surface area contributed by atoms with Crippen LogP contribution in [-0.2, 0) is 14.3 Å². The summed E-state index contributed by atoms with van der Waals surface area (Å²) in [7, 11) is 0. The molecular formula is C15H21NO4S. The Balaban J connectivity index is 3.26. The van der Waals surface area contributed by atoms with Crippen molar-refractivity contribution in [3.8, 4) is 0 Å². The number of aryl methyl sites for hydroxylation is 1. The van der Waals surface area contributed by atoms with E-state index in [0.717, 1.165) is 5.56 Å². The summed E-state index contributed by atoms with van der Waals surface area (Å²) in [6, 6.07) is 3.28. The molecule has 1 rings (SSSR count). The fraction of sp³-hybridized carbons (Fsp3) is 0.467. The first-order chi connectivity index (χ1) is 9.96. The van der Waals surface area contributed by atoms with Gasteiger partial charge in [0.15, 0.2) is 0 Å². The second-order valence-corrected chi connectivity index (χ2v) is 5.33. The Bertz CT molecular complexity index is 531. The van der Waals surface area contributed by atoms with Gasteiger partial charge in [-0.05, 0) is 44.7 Å². The first-order valence-corrected chi connectivity index (χ1v) is 8.01. The molecule has 21 heavy (non-hydrogen) atoms. The fourth-order valence-electron chi connectivity index (χ4n) is 1.94. The number of hydrogen-bond donors (Lipinski definition) is 1. The number of anilines is 1. The maximum atomic E-state index is 12.0. The number of benzene rings is 1. The molecule has 116 valence electrons. The van der Waals surface area contributed by atoms with Gasteiger partial charge in [0, 0.05) is 11.3 Å². The topological polar surface area (TPSA) is 78.6 Å². The largest absolute Gasteiger partial charge is 0.465 e. The number of thioether (sulfide) groups is 1. The van der Waals surface area contributed by atoms with Crippen molar-refractivity contribution in [2.45, 2.75) is 26.0 Å². The Morgan fingerprint density at radius 1 is 1.24 bits per heavy atom. The highest BCUT2D eigenvalue weighted by Gasteiger charge is 2.25. The third-order valence-electron chi connectivity index (χ3n) is 2.95. The molecule has 0 saturated carbocycles. The SMILES string of the molecule is CCOC(=O)c1cc(C)c(N)c(C(SC)C(=O)OCC)c1.